The van der Waals surface area contributed by atoms with E-state index in [1.165, 1.54) is 25.2 Å². The van der Waals surface area contributed by atoms with E-state index >= 15 is 4.39 Å². The molecule has 0 spiro atoms. The summed E-state index contributed by atoms with van der Waals surface area (Å²) in [4.78, 5) is 47.4. The van der Waals surface area contributed by atoms with E-state index in [4.69, 9.17) is 9.84 Å². The van der Waals surface area contributed by atoms with Crippen LogP contribution in [0, 0.1) is 22.7 Å². The molecule has 0 bridgehead atoms. The van der Waals surface area contributed by atoms with Crippen molar-refractivity contribution in [1.29, 1.82) is 0 Å². The van der Waals surface area contributed by atoms with Gasteiger partial charge in [0.25, 0.3) is 0 Å². The van der Waals surface area contributed by atoms with Crippen molar-refractivity contribution in [1.82, 2.24) is 0 Å². The van der Waals surface area contributed by atoms with E-state index in [1.807, 2.05) is 0 Å². The van der Waals surface area contributed by atoms with Crippen LogP contribution in [0.4, 0.5) is 4.39 Å². The number of allylic oxidation sites excluding steroid dienone is 4. The number of ketones is 2. The zero-order chi connectivity index (χ0) is 26.0. The molecule has 0 saturated heterocycles. The Morgan fingerprint density at radius 1 is 1.14 bits per heavy atom. The number of ether oxygens (including phenoxy) is 1. The molecule has 0 radical (unpaired) electrons. The lowest BCUT2D eigenvalue weighted by atomic mass is 9.44. The molecule has 0 aliphatic heterocycles. The third kappa shape index (κ3) is 3.44. The number of carboxylic acids is 1. The zero-order valence-corrected chi connectivity index (χ0v) is 19.7. The van der Waals surface area contributed by atoms with Crippen molar-refractivity contribution in [2.24, 2.45) is 22.7 Å². The van der Waals surface area contributed by atoms with Crippen LogP contribution in [0.25, 0.3) is 0 Å². The number of alkyl halides is 1. The van der Waals surface area contributed by atoms with Gasteiger partial charge in [-0.05, 0) is 50.7 Å². The number of aliphatic hydroxyl groups excluding tert-OH is 2. The zero-order valence-electron chi connectivity index (χ0n) is 19.7. The molecule has 9 nitrogen and oxygen atoms in total. The molecule has 0 aromatic carbocycles. The Morgan fingerprint density at radius 2 is 1.83 bits per heavy atom. The normalized spacial score (nSPS) is 44.1. The fourth-order valence-electron chi connectivity index (χ4n) is 7.27. The number of hydrogen-bond donors (Lipinski definition) is 4. The summed E-state index contributed by atoms with van der Waals surface area (Å²) < 4.78 is 21.9. The summed E-state index contributed by atoms with van der Waals surface area (Å²) in [5.74, 6) is -4.87. The van der Waals surface area contributed by atoms with E-state index in [0.29, 0.717) is 12.0 Å². The van der Waals surface area contributed by atoms with Crippen LogP contribution in [0.15, 0.2) is 23.8 Å². The Kier molecular flexibility index (Phi) is 6.09. The summed E-state index contributed by atoms with van der Waals surface area (Å²) in [5, 5.41) is 42.3. The van der Waals surface area contributed by atoms with Crippen LogP contribution in [-0.2, 0) is 23.9 Å². The maximum Gasteiger partial charge on any atom is 0.306 e. The van der Waals surface area contributed by atoms with Gasteiger partial charge >= 0.3 is 11.9 Å². The van der Waals surface area contributed by atoms with Gasteiger partial charge in [0.15, 0.2) is 23.7 Å². The summed E-state index contributed by atoms with van der Waals surface area (Å²) in [6.45, 7) is 2.29. The molecule has 10 heteroatoms. The smallest absolute Gasteiger partial charge is 0.306 e. The van der Waals surface area contributed by atoms with Crippen molar-refractivity contribution in [3.63, 3.8) is 0 Å². The molecule has 0 heterocycles. The molecular formula is C25H31FO9. The first-order chi connectivity index (χ1) is 16.2. The summed E-state index contributed by atoms with van der Waals surface area (Å²) in [6.07, 6.45) is 0.282. The van der Waals surface area contributed by atoms with Gasteiger partial charge in [-0.3, -0.25) is 19.2 Å². The highest BCUT2D eigenvalue weighted by Crippen LogP contribution is 2.69. The Bertz CT molecular complexity index is 1040. The van der Waals surface area contributed by atoms with Crippen LogP contribution in [0.1, 0.15) is 52.4 Å². The second kappa shape index (κ2) is 8.31. The van der Waals surface area contributed by atoms with E-state index in [0.717, 1.165) is 0 Å². The summed E-state index contributed by atoms with van der Waals surface area (Å²) >= 11 is 0. The molecule has 4 rings (SSSR count). The minimum atomic E-state index is -2.40. The minimum absolute atomic E-state index is 0.0907. The second-order valence-electron chi connectivity index (χ2n) is 10.8. The highest BCUT2D eigenvalue weighted by atomic mass is 19.1. The van der Waals surface area contributed by atoms with E-state index in [-0.39, 0.29) is 25.0 Å². The van der Waals surface area contributed by atoms with Gasteiger partial charge in [0, 0.05) is 16.7 Å². The number of aliphatic hydroxyl groups is 3. The van der Waals surface area contributed by atoms with Crippen LogP contribution < -0.4 is 0 Å². The van der Waals surface area contributed by atoms with Crippen LogP contribution in [0.2, 0.25) is 0 Å². The molecule has 4 aliphatic carbocycles. The molecule has 4 N–H and O–H groups in total. The van der Waals surface area contributed by atoms with Gasteiger partial charge in [-0.2, -0.15) is 0 Å². The lowest BCUT2D eigenvalue weighted by molar-refractivity contribution is -0.222. The van der Waals surface area contributed by atoms with Gasteiger partial charge in [0.05, 0.1) is 25.0 Å². The third-order valence-electron chi connectivity index (χ3n) is 9.19. The Labute approximate surface area is 201 Å². The van der Waals surface area contributed by atoms with E-state index in [9.17, 15) is 34.5 Å². The first-order valence-corrected chi connectivity index (χ1v) is 11.8. The third-order valence-corrected chi connectivity index (χ3v) is 9.19. The number of halogens is 1. The highest BCUT2D eigenvalue weighted by molar-refractivity contribution is 6.01. The first-order valence-electron chi connectivity index (χ1n) is 11.8. The fraction of sp³-hybridized carbons (Fsp3) is 0.680. The van der Waals surface area contributed by atoms with Crippen LogP contribution in [-0.4, -0.2) is 74.0 Å². The Hall–Kier alpha value is -2.43. The molecule has 8 atom stereocenters. The molecule has 0 amide bonds. The number of fused-ring (bicyclic) bond motifs is 5. The number of carboxylic acid groups (broad SMARTS) is 1. The van der Waals surface area contributed by atoms with Crippen molar-refractivity contribution in [2.75, 3.05) is 6.61 Å². The quantitative estimate of drug-likeness (QED) is 0.396. The predicted molar refractivity (Wildman–Crippen MR) is 118 cm³/mol. The summed E-state index contributed by atoms with van der Waals surface area (Å²) in [5.41, 5.74) is -6.66. The Balaban J connectivity index is 1.62. The summed E-state index contributed by atoms with van der Waals surface area (Å²) in [6, 6.07) is 0. The number of carbonyl (C=O) groups is 4. The van der Waals surface area contributed by atoms with Gasteiger partial charge < -0.3 is 25.2 Å². The molecule has 0 aromatic rings. The van der Waals surface area contributed by atoms with Gasteiger partial charge in [-0.15, -0.1) is 0 Å². The van der Waals surface area contributed by atoms with Crippen LogP contribution in [0.3, 0.4) is 0 Å². The number of esters is 1. The number of hydrogen-bond acceptors (Lipinski definition) is 8. The second-order valence-corrected chi connectivity index (χ2v) is 10.8. The lowest BCUT2D eigenvalue weighted by Crippen LogP contribution is -2.69. The monoisotopic (exact) mass is 494 g/mol. The lowest BCUT2D eigenvalue weighted by Gasteiger charge is -2.62. The number of Topliss-reactive ketones (excluding diaryl/α,β-unsaturated/α-hetero) is 1. The largest absolute Gasteiger partial charge is 0.481 e. The Morgan fingerprint density at radius 3 is 2.49 bits per heavy atom. The minimum Gasteiger partial charge on any atom is -0.481 e. The topological polar surface area (TPSA) is 158 Å². The average molecular weight is 495 g/mol. The van der Waals surface area contributed by atoms with E-state index < -0.39 is 83.3 Å². The molecule has 3 fully saturated rings. The van der Waals surface area contributed by atoms with Crippen molar-refractivity contribution in [3.8, 4) is 0 Å². The molecular weight excluding hydrogens is 463 g/mol. The van der Waals surface area contributed by atoms with Gasteiger partial charge in [-0.1, -0.05) is 18.6 Å². The highest BCUT2D eigenvalue weighted by Gasteiger charge is 2.76. The fourth-order valence-corrected chi connectivity index (χ4v) is 7.27. The van der Waals surface area contributed by atoms with E-state index in [2.05, 4.69) is 0 Å². The van der Waals surface area contributed by atoms with Crippen LogP contribution in [0.5, 0.6) is 0 Å². The molecule has 0 aromatic heterocycles. The summed E-state index contributed by atoms with van der Waals surface area (Å²) in [7, 11) is 0. The molecule has 1 unspecified atom stereocenters. The predicted octanol–water partition coefficient (Wildman–Crippen LogP) is 1.04. The number of carbonyl (C=O) groups excluding carboxylic acids is 3. The van der Waals surface area contributed by atoms with Crippen molar-refractivity contribution >= 4 is 23.5 Å². The molecule has 3 saturated carbocycles. The standard InChI is InChI=1S/C25H31FO9/c1-22-8-7-14(27)9-13(22)3-4-15-16-10-17(28)25(34,23(16,2)11-18(29)24(15,22)26)19(30)12-35-21(33)6-5-20(31)32/h7-9,15-18,28-29,34H,3-6,10-12H2,1-2H3,(H,31,32)/t15-,16-,17+,18-,22-,23-,24?,25-/m0/s1. The maximum absolute atomic E-state index is 17.0. The van der Waals surface area contributed by atoms with Gasteiger partial charge in [0.1, 0.15) is 0 Å². The molecule has 4 aliphatic rings. The molecule has 35 heavy (non-hydrogen) atoms. The van der Waals surface area contributed by atoms with Crippen molar-refractivity contribution in [2.45, 2.75) is 75.9 Å². The number of rotatable bonds is 6. The average Bonchev–Trinajstić information content (AvgIpc) is 2.99. The first kappa shape index (κ1) is 25.7. The van der Waals surface area contributed by atoms with Crippen molar-refractivity contribution in [3.05, 3.63) is 23.8 Å². The van der Waals surface area contributed by atoms with Crippen LogP contribution >= 0.6 is 0 Å². The molecule has 192 valence electrons. The van der Waals surface area contributed by atoms with Crippen molar-refractivity contribution < 1.29 is 48.7 Å². The van der Waals surface area contributed by atoms with Gasteiger partial charge in [0.2, 0.25) is 5.78 Å². The van der Waals surface area contributed by atoms with Gasteiger partial charge in [-0.25, -0.2) is 4.39 Å². The maximum atomic E-state index is 17.0. The van der Waals surface area contributed by atoms with E-state index in [1.54, 1.807) is 6.92 Å². The number of aliphatic carboxylic acids is 1. The SMILES string of the molecule is C[C@]12C=CC(=O)C=C1CC[C@H]1[C@@H]3C[C@@H](O)[C@](O)(C(=O)COC(=O)CCC(=O)O)[C@@]3(C)C[C@H](O)C12F.